The van der Waals surface area contributed by atoms with Crippen molar-refractivity contribution in [1.82, 2.24) is 0 Å². The minimum absolute atomic E-state index is 0.111. The predicted molar refractivity (Wildman–Crippen MR) is 59.7 cm³/mol. The van der Waals surface area contributed by atoms with Crippen molar-refractivity contribution in [2.75, 3.05) is 0 Å². The molecule has 0 aromatic rings. The van der Waals surface area contributed by atoms with Gasteiger partial charge in [0.1, 0.15) is 0 Å². The van der Waals surface area contributed by atoms with E-state index < -0.39 is 0 Å². The van der Waals surface area contributed by atoms with Crippen LogP contribution in [0.25, 0.3) is 0 Å². The standard InChI is InChI=1S/C8H14.C2H2Cl2/c1-7(2)5-6-8(3)4;1-2(3)4/h1,3,5-6H2,2,4H3;1H2. The van der Waals surface area contributed by atoms with Crippen LogP contribution in [0.15, 0.2) is 35.4 Å². The zero-order valence-corrected chi connectivity index (χ0v) is 9.30. The summed E-state index contributed by atoms with van der Waals surface area (Å²) in [5, 5.41) is 0. The van der Waals surface area contributed by atoms with E-state index in [9.17, 15) is 0 Å². The van der Waals surface area contributed by atoms with Gasteiger partial charge in [0.2, 0.25) is 0 Å². The Bertz CT molecular complexity index is 151. The fraction of sp³-hybridized carbons (Fsp3) is 0.400. The summed E-state index contributed by atoms with van der Waals surface area (Å²) < 4.78 is 0.111. The molecule has 0 atom stereocenters. The maximum Gasteiger partial charge on any atom is 0.0992 e. The van der Waals surface area contributed by atoms with Crippen LogP contribution >= 0.6 is 23.2 Å². The molecule has 70 valence electrons. The molecule has 0 aliphatic carbocycles. The molecule has 0 unspecified atom stereocenters. The van der Waals surface area contributed by atoms with Crippen LogP contribution in [0, 0.1) is 0 Å². The first-order chi connectivity index (χ1) is 5.36. The Hall–Kier alpha value is -0.200. The number of hydrogen-bond donors (Lipinski definition) is 0. The summed E-state index contributed by atoms with van der Waals surface area (Å²) in [5.74, 6) is 0. The Balaban J connectivity index is 0. The highest BCUT2D eigenvalue weighted by Crippen LogP contribution is 2.05. The maximum absolute atomic E-state index is 4.85. The molecule has 0 saturated carbocycles. The van der Waals surface area contributed by atoms with Crippen LogP contribution < -0.4 is 0 Å². The number of allylic oxidation sites excluding steroid dienone is 2. The smallest absolute Gasteiger partial charge is 0.0992 e. The molecular weight excluding hydrogens is 191 g/mol. The van der Waals surface area contributed by atoms with Crippen molar-refractivity contribution in [3.05, 3.63) is 35.4 Å². The quantitative estimate of drug-likeness (QED) is 0.580. The van der Waals surface area contributed by atoms with Gasteiger partial charge in [0.15, 0.2) is 0 Å². The molecule has 2 heteroatoms. The van der Waals surface area contributed by atoms with Gasteiger partial charge in [-0.05, 0) is 26.7 Å². The fourth-order valence-corrected chi connectivity index (χ4v) is 0.427. The minimum atomic E-state index is 0.111. The first kappa shape index (κ1) is 14.3. The lowest BCUT2D eigenvalue weighted by molar-refractivity contribution is 0.933. The minimum Gasteiger partial charge on any atom is -0.100 e. The van der Waals surface area contributed by atoms with Crippen molar-refractivity contribution in [2.24, 2.45) is 0 Å². The molecule has 0 heterocycles. The van der Waals surface area contributed by atoms with Gasteiger partial charge < -0.3 is 0 Å². The van der Waals surface area contributed by atoms with Crippen molar-refractivity contribution in [2.45, 2.75) is 26.7 Å². The van der Waals surface area contributed by atoms with Crippen LogP contribution in [0.3, 0.4) is 0 Å². The highest BCUT2D eigenvalue weighted by Gasteiger charge is 1.85. The first-order valence-electron chi connectivity index (χ1n) is 3.65. The lowest BCUT2D eigenvalue weighted by atomic mass is 10.1. The lowest BCUT2D eigenvalue weighted by Crippen LogP contribution is -1.75. The second-order valence-corrected chi connectivity index (χ2v) is 3.86. The highest BCUT2D eigenvalue weighted by atomic mass is 35.5. The van der Waals surface area contributed by atoms with E-state index >= 15 is 0 Å². The Labute approximate surface area is 85.6 Å². The van der Waals surface area contributed by atoms with Crippen molar-refractivity contribution >= 4 is 23.2 Å². The maximum atomic E-state index is 4.85. The van der Waals surface area contributed by atoms with Crippen molar-refractivity contribution in [3.63, 3.8) is 0 Å². The highest BCUT2D eigenvalue weighted by molar-refractivity contribution is 6.55. The molecule has 0 radical (unpaired) electrons. The van der Waals surface area contributed by atoms with E-state index in [1.807, 2.05) is 13.8 Å². The summed E-state index contributed by atoms with van der Waals surface area (Å²) in [6.07, 6.45) is 2.19. The molecule has 0 bridgehead atoms. The Kier molecular flexibility index (Phi) is 10.6. The van der Waals surface area contributed by atoms with E-state index in [1.165, 1.54) is 11.1 Å². The van der Waals surface area contributed by atoms with E-state index in [1.54, 1.807) is 0 Å². The van der Waals surface area contributed by atoms with Gasteiger partial charge in [-0.2, -0.15) is 0 Å². The topological polar surface area (TPSA) is 0 Å². The van der Waals surface area contributed by atoms with Crippen LogP contribution in [-0.4, -0.2) is 0 Å². The second kappa shape index (κ2) is 8.89. The monoisotopic (exact) mass is 206 g/mol. The molecule has 0 fully saturated rings. The molecule has 12 heavy (non-hydrogen) atoms. The molecule has 0 saturated heterocycles. The average molecular weight is 207 g/mol. The summed E-state index contributed by atoms with van der Waals surface area (Å²) >= 11 is 9.69. The summed E-state index contributed by atoms with van der Waals surface area (Å²) in [7, 11) is 0. The van der Waals surface area contributed by atoms with Crippen molar-refractivity contribution < 1.29 is 0 Å². The largest absolute Gasteiger partial charge is 0.100 e. The SMILES string of the molecule is C=C(C)CCC(=C)C.C=C(Cl)Cl. The lowest BCUT2D eigenvalue weighted by Gasteiger charge is -1.95. The van der Waals surface area contributed by atoms with Crippen LogP contribution in [0.1, 0.15) is 26.7 Å². The molecular formula is C10H16Cl2. The van der Waals surface area contributed by atoms with Gasteiger partial charge in [0, 0.05) is 0 Å². The van der Waals surface area contributed by atoms with E-state index in [0.717, 1.165) is 12.8 Å². The number of halogens is 2. The average Bonchev–Trinajstić information content (AvgIpc) is 1.82. The zero-order chi connectivity index (χ0) is 10.1. The first-order valence-corrected chi connectivity index (χ1v) is 4.40. The fourth-order valence-electron chi connectivity index (χ4n) is 0.427. The number of rotatable bonds is 3. The summed E-state index contributed by atoms with van der Waals surface area (Å²) in [6.45, 7) is 14.7. The third-order valence-corrected chi connectivity index (χ3v) is 0.979. The van der Waals surface area contributed by atoms with Gasteiger partial charge in [0.25, 0.3) is 0 Å². The van der Waals surface area contributed by atoms with E-state index in [0.29, 0.717) is 0 Å². The Morgan fingerprint density at radius 2 is 1.08 bits per heavy atom. The van der Waals surface area contributed by atoms with E-state index in [-0.39, 0.29) is 4.49 Å². The van der Waals surface area contributed by atoms with E-state index in [4.69, 9.17) is 23.2 Å². The van der Waals surface area contributed by atoms with Gasteiger partial charge in [-0.1, -0.05) is 40.9 Å². The van der Waals surface area contributed by atoms with Crippen LogP contribution in [0.5, 0.6) is 0 Å². The van der Waals surface area contributed by atoms with Crippen molar-refractivity contribution in [1.29, 1.82) is 0 Å². The molecule has 0 N–H and O–H groups in total. The summed E-state index contributed by atoms with van der Waals surface area (Å²) in [6, 6.07) is 0. The van der Waals surface area contributed by atoms with Gasteiger partial charge in [0.05, 0.1) is 4.49 Å². The predicted octanol–water partition coefficient (Wildman–Crippen LogP) is 4.85. The van der Waals surface area contributed by atoms with Gasteiger partial charge >= 0.3 is 0 Å². The molecule has 0 amide bonds. The van der Waals surface area contributed by atoms with E-state index in [2.05, 4.69) is 19.7 Å². The molecule has 0 aliphatic rings. The molecule has 0 aromatic carbocycles. The van der Waals surface area contributed by atoms with Crippen molar-refractivity contribution in [3.8, 4) is 0 Å². The second-order valence-electron chi connectivity index (χ2n) is 2.75. The zero-order valence-electron chi connectivity index (χ0n) is 7.79. The van der Waals surface area contributed by atoms with Crippen LogP contribution in [0.2, 0.25) is 0 Å². The molecule has 0 nitrogen and oxygen atoms in total. The normalized spacial score (nSPS) is 8.00. The van der Waals surface area contributed by atoms with Crippen LogP contribution in [0.4, 0.5) is 0 Å². The third-order valence-electron chi connectivity index (χ3n) is 0.979. The molecule has 0 aromatic heterocycles. The third kappa shape index (κ3) is 32.9. The van der Waals surface area contributed by atoms with Gasteiger partial charge in [-0.3, -0.25) is 0 Å². The summed E-state index contributed by atoms with van der Waals surface area (Å²) in [5.41, 5.74) is 2.49. The Morgan fingerprint density at radius 3 is 1.17 bits per heavy atom. The molecule has 0 spiro atoms. The van der Waals surface area contributed by atoms with Gasteiger partial charge in [-0.25, -0.2) is 0 Å². The molecule has 0 aliphatic heterocycles. The van der Waals surface area contributed by atoms with Crippen LogP contribution in [-0.2, 0) is 0 Å². The molecule has 0 rings (SSSR count). The van der Waals surface area contributed by atoms with Gasteiger partial charge in [-0.15, -0.1) is 13.2 Å². The summed E-state index contributed by atoms with van der Waals surface area (Å²) in [4.78, 5) is 0. The number of hydrogen-bond acceptors (Lipinski definition) is 0. The Morgan fingerprint density at radius 1 is 0.917 bits per heavy atom.